The average molecular weight is 188 g/mol. The predicted molar refractivity (Wildman–Crippen MR) is 58.2 cm³/mol. The van der Waals surface area contributed by atoms with Crippen LogP contribution in [0.2, 0.25) is 0 Å². The van der Waals surface area contributed by atoms with Gasteiger partial charge < -0.3 is 0 Å². The van der Waals surface area contributed by atoms with Crippen molar-refractivity contribution in [1.82, 2.24) is 0 Å². The Labute approximate surface area is 83.4 Å². The zero-order valence-electron chi connectivity index (χ0n) is 8.47. The fourth-order valence-electron chi connectivity index (χ4n) is 1.80. The van der Waals surface area contributed by atoms with E-state index in [-0.39, 0.29) is 6.67 Å². The van der Waals surface area contributed by atoms with Gasteiger partial charge in [-0.1, -0.05) is 35.9 Å². The summed E-state index contributed by atoms with van der Waals surface area (Å²) in [6.45, 7) is 3.62. The minimum absolute atomic E-state index is 0.383. The van der Waals surface area contributed by atoms with Gasteiger partial charge in [-0.2, -0.15) is 0 Å². The van der Waals surface area contributed by atoms with E-state index in [1.807, 2.05) is 25.1 Å². The highest BCUT2D eigenvalue weighted by Crippen LogP contribution is 2.23. The zero-order valence-corrected chi connectivity index (χ0v) is 8.47. The Kier molecular flexibility index (Phi) is 2.24. The molecule has 14 heavy (non-hydrogen) atoms. The van der Waals surface area contributed by atoms with Gasteiger partial charge in [0.05, 0.1) is 0 Å². The molecule has 72 valence electrons. The second kappa shape index (κ2) is 3.41. The number of hydrogen-bond donors (Lipinski definition) is 0. The molecule has 0 unspecified atom stereocenters. The summed E-state index contributed by atoms with van der Waals surface area (Å²) in [5.41, 5.74) is 3.07. The summed E-state index contributed by atoms with van der Waals surface area (Å²) in [6.07, 6.45) is 0. The third-order valence-corrected chi connectivity index (χ3v) is 2.65. The number of alkyl halides is 1. The highest BCUT2D eigenvalue weighted by atomic mass is 19.1. The molecule has 2 aromatic rings. The van der Waals surface area contributed by atoms with Crippen molar-refractivity contribution >= 4 is 10.8 Å². The smallest absolute Gasteiger partial charge is 0.115 e. The second-order valence-corrected chi connectivity index (χ2v) is 3.72. The highest BCUT2D eigenvalue weighted by Gasteiger charge is 2.03. The van der Waals surface area contributed by atoms with Crippen LogP contribution in [0.15, 0.2) is 30.3 Å². The van der Waals surface area contributed by atoms with Crippen LogP contribution in [0, 0.1) is 13.8 Å². The molecular weight excluding hydrogens is 175 g/mol. The van der Waals surface area contributed by atoms with Gasteiger partial charge in [0.2, 0.25) is 0 Å². The van der Waals surface area contributed by atoms with E-state index in [9.17, 15) is 4.39 Å². The molecule has 2 rings (SSSR count). The van der Waals surface area contributed by atoms with Crippen molar-refractivity contribution in [3.8, 4) is 0 Å². The van der Waals surface area contributed by atoms with E-state index in [0.29, 0.717) is 0 Å². The molecule has 0 bridgehead atoms. The van der Waals surface area contributed by atoms with E-state index in [1.165, 1.54) is 5.56 Å². The van der Waals surface area contributed by atoms with Crippen LogP contribution in [0.25, 0.3) is 10.8 Å². The number of rotatable bonds is 1. The van der Waals surface area contributed by atoms with E-state index in [1.54, 1.807) is 0 Å². The quantitative estimate of drug-likeness (QED) is 0.636. The topological polar surface area (TPSA) is 0 Å². The Morgan fingerprint density at radius 3 is 2.57 bits per heavy atom. The van der Waals surface area contributed by atoms with Gasteiger partial charge in [-0.05, 0) is 35.7 Å². The minimum atomic E-state index is -0.383. The molecule has 0 N–H and O–H groups in total. The van der Waals surface area contributed by atoms with Crippen LogP contribution in [0.1, 0.15) is 16.7 Å². The van der Waals surface area contributed by atoms with E-state index < -0.39 is 0 Å². The molecule has 0 aliphatic rings. The van der Waals surface area contributed by atoms with Crippen molar-refractivity contribution in [2.24, 2.45) is 0 Å². The Bertz CT molecular complexity index is 472. The lowest BCUT2D eigenvalue weighted by atomic mass is 9.99. The monoisotopic (exact) mass is 188 g/mol. The first kappa shape index (κ1) is 9.20. The molecule has 0 aromatic heterocycles. The SMILES string of the molecule is Cc1ccc2c(CF)c(C)ccc2c1. The van der Waals surface area contributed by atoms with Crippen LogP contribution >= 0.6 is 0 Å². The third kappa shape index (κ3) is 1.39. The van der Waals surface area contributed by atoms with Crippen LogP contribution in [0.3, 0.4) is 0 Å². The normalized spacial score (nSPS) is 10.8. The fourth-order valence-corrected chi connectivity index (χ4v) is 1.80. The Balaban J connectivity index is 2.82. The van der Waals surface area contributed by atoms with Gasteiger partial charge >= 0.3 is 0 Å². The summed E-state index contributed by atoms with van der Waals surface area (Å²) in [5, 5.41) is 2.17. The summed E-state index contributed by atoms with van der Waals surface area (Å²) < 4.78 is 12.8. The second-order valence-electron chi connectivity index (χ2n) is 3.72. The number of benzene rings is 2. The van der Waals surface area contributed by atoms with Crippen molar-refractivity contribution < 1.29 is 4.39 Å². The lowest BCUT2D eigenvalue weighted by Crippen LogP contribution is -1.88. The first-order valence-corrected chi connectivity index (χ1v) is 4.77. The molecule has 0 nitrogen and oxygen atoms in total. The molecule has 0 aliphatic carbocycles. The maximum Gasteiger partial charge on any atom is 0.115 e. The lowest BCUT2D eigenvalue weighted by Gasteiger charge is -2.07. The number of hydrogen-bond acceptors (Lipinski definition) is 0. The Hall–Kier alpha value is -1.37. The van der Waals surface area contributed by atoms with E-state index >= 15 is 0 Å². The summed E-state index contributed by atoms with van der Waals surface area (Å²) in [7, 11) is 0. The predicted octanol–water partition coefficient (Wildman–Crippen LogP) is 3.93. The molecule has 0 saturated carbocycles. The number of fused-ring (bicyclic) bond motifs is 1. The van der Waals surface area contributed by atoms with Gasteiger partial charge in [-0.25, -0.2) is 4.39 Å². The summed E-state index contributed by atoms with van der Waals surface area (Å²) >= 11 is 0. The summed E-state index contributed by atoms with van der Waals surface area (Å²) in [5.74, 6) is 0. The maximum absolute atomic E-state index is 12.8. The van der Waals surface area contributed by atoms with Crippen LogP contribution < -0.4 is 0 Å². The van der Waals surface area contributed by atoms with Crippen molar-refractivity contribution in [3.63, 3.8) is 0 Å². The van der Waals surface area contributed by atoms with Crippen LogP contribution in [0.5, 0.6) is 0 Å². The van der Waals surface area contributed by atoms with Crippen LogP contribution in [-0.4, -0.2) is 0 Å². The highest BCUT2D eigenvalue weighted by molar-refractivity contribution is 5.87. The van der Waals surface area contributed by atoms with Crippen molar-refractivity contribution in [1.29, 1.82) is 0 Å². The molecule has 0 aliphatic heterocycles. The number of aryl methyl sites for hydroxylation is 2. The van der Waals surface area contributed by atoms with Gasteiger partial charge in [0.1, 0.15) is 6.67 Å². The first-order valence-electron chi connectivity index (χ1n) is 4.77. The summed E-state index contributed by atoms with van der Waals surface area (Å²) in [4.78, 5) is 0. The molecule has 0 fully saturated rings. The van der Waals surface area contributed by atoms with Gasteiger partial charge in [-0.3, -0.25) is 0 Å². The van der Waals surface area contributed by atoms with Crippen molar-refractivity contribution in [3.05, 3.63) is 47.0 Å². The van der Waals surface area contributed by atoms with E-state index in [4.69, 9.17) is 0 Å². The summed E-state index contributed by atoms with van der Waals surface area (Å²) in [6, 6.07) is 10.2. The van der Waals surface area contributed by atoms with Crippen molar-refractivity contribution in [2.75, 3.05) is 0 Å². The average Bonchev–Trinajstić information content (AvgIpc) is 2.18. The molecule has 0 atom stereocenters. The lowest BCUT2D eigenvalue weighted by molar-refractivity contribution is 0.486. The first-order chi connectivity index (χ1) is 6.72. The fraction of sp³-hybridized carbons (Fsp3) is 0.231. The molecule has 0 heterocycles. The molecular formula is C13H13F. The molecule has 0 amide bonds. The standard InChI is InChI=1S/C13H13F/c1-9-3-6-12-11(7-9)5-4-10(2)13(12)8-14/h3-7H,8H2,1-2H3. The third-order valence-electron chi connectivity index (χ3n) is 2.65. The zero-order chi connectivity index (χ0) is 10.1. The van der Waals surface area contributed by atoms with Crippen LogP contribution in [0.4, 0.5) is 4.39 Å². The van der Waals surface area contributed by atoms with Gasteiger partial charge in [-0.15, -0.1) is 0 Å². The molecule has 0 saturated heterocycles. The molecule has 1 heteroatoms. The Morgan fingerprint density at radius 2 is 1.86 bits per heavy atom. The van der Waals surface area contributed by atoms with Crippen molar-refractivity contribution in [2.45, 2.75) is 20.5 Å². The van der Waals surface area contributed by atoms with Gasteiger partial charge in [0, 0.05) is 0 Å². The maximum atomic E-state index is 12.8. The van der Waals surface area contributed by atoms with Gasteiger partial charge in [0.15, 0.2) is 0 Å². The molecule has 0 spiro atoms. The molecule has 2 aromatic carbocycles. The van der Waals surface area contributed by atoms with E-state index in [2.05, 4.69) is 19.1 Å². The molecule has 0 radical (unpaired) electrons. The van der Waals surface area contributed by atoms with Gasteiger partial charge in [0.25, 0.3) is 0 Å². The van der Waals surface area contributed by atoms with E-state index in [0.717, 1.165) is 21.9 Å². The minimum Gasteiger partial charge on any atom is -0.246 e. The Morgan fingerprint density at radius 1 is 1.07 bits per heavy atom. The van der Waals surface area contributed by atoms with Crippen LogP contribution in [-0.2, 0) is 6.67 Å². The largest absolute Gasteiger partial charge is 0.246 e. The number of halogens is 1.